The number of likely N-dealkylation sites (N-methyl/N-ethyl adjacent to an activating group) is 1. The summed E-state index contributed by atoms with van der Waals surface area (Å²) in [5.74, 6) is -6.17. The van der Waals surface area contributed by atoms with Crippen LogP contribution in [0.5, 0.6) is 5.75 Å². The summed E-state index contributed by atoms with van der Waals surface area (Å²) in [6.45, 7) is 1.58. The highest BCUT2D eigenvalue weighted by Crippen LogP contribution is 2.36. The van der Waals surface area contributed by atoms with Crippen LogP contribution in [-0.2, 0) is 9.59 Å². The lowest BCUT2D eigenvalue weighted by molar-refractivity contribution is -0.140. The third-order valence-electron chi connectivity index (χ3n) is 6.42. The van der Waals surface area contributed by atoms with Gasteiger partial charge in [0.1, 0.15) is 29.1 Å². The first-order valence-corrected chi connectivity index (χ1v) is 11.7. The van der Waals surface area contributed by atoms with Crippen LogP contribution in [0.15, 0.2) is 59.1 Å². The number of rotatable bonds is 8. The number of aliphatic carboxylic acids is 1. The fraction of sp³-hybridized carbons (Fsp3) is 0.269. The van der Waals surface area contributed by atoms with Gasteiger partial charge in [-0.3, -0.25) is 9.59 Å². The van der Waals surface area contributed by atoms with Crippen molar-refractivity contribution in [3.63, 3.8) is 0 Å². The molecule has 2 aliphatic rings. The number of nitrogens with zero attached hydrogens (tertiary/aromatic N) is 4. The van der Waals surface area contributed by atoms with Crippen molar-refractivity contribution in [2.24, 2.45) is 4.99 Å². The second-order valence-electron chi connectivity index (χ2n) is 8.97. The molecule has 2 atom stereocenters. The number of carbonyl (C=O) groups excluding carboxylic acids is 1. The number of carboxylic acid groups (broad SMARTS) is 1. The monoisotopic (exact) mass is 547 g/mol. The van der Waals surface area contributed by atoms with Crippen molar-refractivity contribution in [1.29, 1.82) is 0 Å². The summed E-state index contributed by atoms with van der Waals surface area (Å²) < 4.78 is 62.0. The minimum absolute atomic E-state index is 0.00922. The molecule has 2 aliphatic heterocycles. The van der Waals surface area contributed by atoms with Crippen molar-refractivity contribution in [2.75, 3.05) is 26.1 Å². The molecule has 2 aromatic rings. The molecule has 2 aromatic carbocycles. The number of amides is 1. The molecule has 206 valence electrons. The molecule has 0 saturated carbocycles. The number of hydrazine groups is 1. The van der Waals surface area contributed by atoms with E-state index in [1.165, 1.54) is 66.4 Å². The number of aliphatic imine (C=N–C) groups is 1. The van der Waals surface area contributed by atoms with Gasteiger partial charge in [-0.1, -0.05) is 6.07 Å². The Balaban J connectivity index is 1.79. The van der Waals surface area contributed by atoms with Gasteiger partial charge < -0.3 is 19.6 Å². The zero-order valence-corrected chi connectivity index (χ0v) is 21.4. The lowest BCUT2D eigenvalue weighted by Crippen LogP contribution is -2.50. The van der Waals surface area contributed by atoms with E-state index in [-0.39, 0.29) is 40.8 Å². The molecule has 1 unspecified atom stereocenters. The second-order valence-corrected chi connectivity index (χ2v) is 8.97. The minimum atomic E-state index is -1.64. The van der Waals surface area contributed by atoms with Crippen LogP contribution in [0.1, 0.15) is 18.9 Å². The molecule has 0 bridgehead atoms. The predicted octanol–water partition coefficient (Wildman–Crippen LogP) is 3.38. The van der Waals surface area contributed by atoms with E-state index in [4.69, 9.17) is 9.84 Å². The molecule has 13 heteroatoms. The largest absolute Gasteiger partial charge is 0.494 e. The number of ether oxygens (including phenoxy) is 1. The van der Waals surface area contributed by atoms with Crippen molar-refractivity contribution >= 4 is 23.3 Å². The van der Waals surface area contributed by atoms with Gasteiger partial charge in [-0.25, -0.2) is 33.0 Å². The van der Waals surface area contributed by atoms with E-state index >= 15 is 0 Å². The van der Waals surface area contributed by atoms with Crippen molar-refractivity contribution in [3.8, 4) is 5.75 Å². The maximum absolute atomic E-state index is 15.0. The minimum Gasteiger partial charge on any atom is -0.494 e. The molecule has 0 spiro atoms. The highest BCUT2D eigenvalue weighted by molar-refractivity contribution is 6.10. The fourth-order valence-electron chi connectivity index (χ4n) is 4.23. The Morgan fingerprint density at radius 1 is 1.15 bits per heavy atom. The molecule has 0 aromatic heterocycles. The standard InChI is InChI=1S/C26H25F4N5O4/c1-13(8-23(36)37)33(2)26(38)19-11-21-31-18(14-9-16(28)24(30)17(29)10-14)12-22(35(21)32-19)34(3)25-15(27)6-5-7-20(25)39-4/h5-7,9-13,19,32H,8H2,1-4H3,(H,36,37)/t13-,19?/m1/s1. The Bertz CT molecular complexity index is 1400. The number of para-hydroxylation sites is 1. The number of hydrogen-bond acceptors (Lipinski definition) is 7. The number of nitrogens with one attached hydrogen (secondary N) is 1. The topological polar surface area (TPSA) is 97.7 Å². The number of anilines is 1. The van der Waals surface area contributed by atoms with Gasteiger partial charge in [0, 0.05) is 31.8 Å². The van der Waals surface area contributed by atoms with Gasteiger partial charge in [0.15, 0.2) is 23.3 Å². The van der Waals surface area contributed by atoms with Gasteiger partial charge in [0.2, 0.25) is 5.91 Å². The van der Waals surface area contributed by atoms with Crippen LogP contribution in [0.4, 0.5) is 23.2 Å². The van der Waals surface area contributed by atoms with Crippen LogP contribution < -0.4 is 15.1 Å². The normalized spacial score (nSPS) is 17.1. The fourth-order valence-corrected chi connectivity index (χ4v) is 4.23. The first kappa shape index (κ1) is 27.6. The van der Waals surface area contributed by atoms with E-state index < -0.39 is 47.2 Å². The molecule has 2 N–H and O–H groups in total. The van der Waals surface area contributed by atoms with Crippen LogP contribution in [0.25, 0.3) is 0 Å². The van der Waals surface area contributed by atoms with Crippen molar-refractivity contribution in [2.45, 2.75) is 25.4 Å². The third kappa shape index (κ3) is 5.30. The van der Waals surface area contributed by atoms with Crippen LogP contribution in [0.3, 0.4) is 0 Å². The van der Waals surface area contributed by atoms with E-state index in [0.29, 0.717) is 0 Å². The number of halogens is 4. The van der Waals surface area contributed by atoms with Crippen LogP contribution in [-0.4, -0.2) is 65.9 Å². The molecular formula is C26H25F4N5O4. The quantitative estimate of drug-likeness (QED) is 0.386. The van der Waals surface area contributed by atoms with Gasteiger partial charge >= 0.3 is 5.97 Å². The lowest BCUT2D eigenvalue weighted by Gasteiger charge is -2.35. The zero-order chi connectivity index (χ0) is 28.6. The van der Waals surface area contributed by atoms with E-state index in [9.17, 15) is 27.2 Å². The molecule has 2 heterocycles. The van der Waals surface area contributed by atoms with Crippen molar-refractivity contribution in [3.05, 3.63) is 83.0 Å². The summed E-state index contributed by atoms with van der Waals surface area (Å²) in [5, 5.41) is 10.5. The molecule has 4 rings (SSSR count). The SMILES string of the molecule is COc1cccc(F)c1N(C)C1=CC(c2cc(F)c(F)c(F)c2)=NC2=CC(C(=O)N(C)[C@H](C)CC(=O)O)NN21. The Kier molecular flexibility index (Phi) is 7.63. The summed E-state index contributed by atoms with van der Waals surface area (Å²) in [6.07, 6.45) is 2.54. The Labute approximate surface area is 221 Å². The van der Waals surface area contributed by atoms with Crippen LogP contribution in [0, 0.1) is 23.3 Å². The number of benzene rings is 2. The Hall–Kier alpha value is -4.39. The number of hydrogen-bond donors (Lipinski definition) is 2. The first-order valence-electron chi connectivity index (χ1n) is 11.7. The molecule has 0 fully saturated rings. The summed E-state index contributed by atoms with van der Waals surface area (Å²) in [5.41, 5.74) is 2.89. The van der Waals surface area contributed by atoms with Crippen molar-refractivity contribution in [1.82, 2.24) is 15.3 Å². The van der Waals surface area contributed by atoms with Gasteiger partial charge in [-0.15, -0.1) is 0 Å². The highest BCUT2D eigenvalue weighted by atomic mass is 19.2. The Morgan fingerprint density at radius 2 is 1.82 bits per heavy atom. The maximum Gasteiger partial charge on any atom is 0.305 e. The number of fused-ring (bicyclic) bond motifs is 1. The summed E-state index contributed by atoms with van der Waals surface area (Å²) >= 11 is 0. The van der Waals surface area contributed by atoms with Gasteiger partial charge in [0.25, 0.3) is 0 Å². The Morgan fingerprint density at radius 3 is 2.44 bits per heavy atom. The molecule has 0 radical (unpaired) electrons. The summed E-state index contributed by atoms with van der Waals surface area (Å²) in [4.78, 5) is 31.4. The predicted molar refractivity (Wildman–Crippen MR) is 134 cm³/mol. The average Bonchev–Trinajstić information content (AvgIpc) is 3.33. The molecule has 39 heavy (non-hydrogen) atoms. The van der Waals surface area contributed by atoms with E-state index in [1.807, 2.05) is 0 Å². The van der Waals surface area contributed by atoms with E-state index in [2.05, 4.69) is 10.4 Å². The van der Waals surface area contributed by atoms with Gasteiger partial charge in [0.05, 0.1) is 19.2 Å². The van der Waals surface area contributed by atoms with Crippen LogP contribution >= 0.6 is 0 Å². The zero-order valence-electron chi connectivity index (χ0n) is 21.4. The smallest absolute Gasteiger partial charge is 0.305 e. The lowest BCUT2D eigenvalue weighted by atomic mass is 10.1. The highest BCUT2D eigenvalue weighted by Gasteiger charge is 2.37. The van der Waals surface area contributed by atoms with Crippen LogP contribution in [0.2, 0.25) is 0 Å². The molecule has 1 amide bonds. The number of allylic oxidation sites excluding steroid dienone is 1. The summed E-state index contributed by atoms with van der Waals surface area (Å²) in [7, 11) is 4.33. The molecule has 9 nitrogen and oxygen atoms in total. The van der Waals surface area contributed by atoms with E-state index in [1.54, 1.807) is 6.92 Å². The molecule has 0 saturated heterocycles. The number of methoxy groups -OCH3 is 1. The number of carboxylic acids is 1. The van der Waals surface area contributed by atoms with Crippen molar-refractivity contribution < 1.29 is 37.0 Å². The third-order valence-corrected chi connectivity index (χ3v) is 6.42. The van der Waals surface area contributed by atoms with E-state index in [0.717, 1.165) is 12.1 Å². The van der Waals surface area contributed by atoms with Gasteiger partial charge in [-0.2, -0.15) is 0 Å². The maximum atomic E-state index is 15.0. The molecular weight excluding hydrogens is 522 g/mol. The second kappa shape index (κ2) is 10.8. The first-order chi connectivity index (χ1) is 18.4. The van der Waals surface area contributed by atoms with Gasteiger partial charge in [-0.05, 0) is 37.3 Å². The number of carbonyl (C=O) groups is 2. The molecule has 0 aliphatic carbocycles. The summed E-state index contributed by atoms with van der Waals surface area (Å²) in [6, 6.07) is 4.13. The average molecular weight is 548 g/mol.